The maximum Gasteiger partial charge on any atom is 0.411 e. The van der Waals surface area contributed by atoms with Crippen molar-refractivity contribution in [1.29, 1.82) is 0 Å². The average Bonchev–Trinajstić information content (AvgIpc) is 3.47. The van der Waals surface area contributed by atoms with E-state index in [1.54, 1.807) is 11.2 Å². The molecule has 1 aromatic rings. The van der Waals surface area contributed by atoms with Crippen molar-refractivity contribution in [3.8, 4) is 0 Å². The Hall–Kier alpha value is -1.86. The summed E-state index contributed by atoms with van der Waals surface area (Å²) in [7, 11) is 0. The highest BCUT2D eigenvalue weighted by Gasteiger charge is 2.67. The lowest BCUT2D eigenvalue weighted by molar-refractivity contribution is -0.205. The molecule has 7 heteroatoms. The number of amides is 1. The number of rotatable bonds is 2. The largest absolute Gasteiger partial charge is 0.446 e. The summed E-state index contributed by atoms with van der Waals surface area (Å²) < 4.78 is 11.2. The topological polar surface area (TPSA) is 92.0 Å². The van der Waals surface area contributed by atoms with Crippen LogP contribution in [0.15, 0.2) is 27.6 Å². The second kappa shape index (κ2) is 8.34. The standard InChI is InChI=1S/C28H40N2O5/c1-26-10-7-20(35-25(32)30-14-13-29-17-30)15-19(26)4-5-23-22(26)8-11-27(2)21(9-12-28(23,27)33)18-3-6-24(31)34-16-18/h3,6,16,19-23,29,33H,4-5,7-15,17H2,1-2H3. The lowest BCUT2D eigenvalue weighted by atomic mass is 9.43. The first kappa shape index (κ1) is 23.5. The van der Waals surface area contributed by atoms with E-state index >= 15 is 0 Å². The van der Waals surface area contributed by atoms with Crippen molar-refractivity contribution < 1.29 is 19.1 Å². The monoisotopic (exact) mass is 484 g/mol. The Balaban J connectivity index is 1.19. The fourth-order valence-corrected chi connectivity index (χ4v) is 9.27. The van der Waals surface area contributed by atoms with E-state index in [9.17, 15) is 14.7 Å². The zero-order chi connectivity index (χ0) is 24.4. The van der Waals surface area contributed by atoms with Crippen molar-refractivity contribution in [2.24, 2.45) is 28.6 Å². The first-order chi connectivity index (χ1) is 16.7. The van der Waals surface area contributed by atoms with Crippen LogP contribution >= 0.6 is 0 Å². The minimum absolute atomic E-state index is 0.0123. The van der Waals surface area contributed by atoms with E-state index in [-0.39, 0.29) is 34.6 Å². The van der Waals surface area contributed by atoms with Gasteiger partial charge in [0.1, 0.15) is 6.10 Å². The summed E-state index contributed by atoms with van der Waals surface area (Å²) in [6, 6.07) is 3.41. The Morgan fingerprint density at radius 1 is 1.11 bits per heavy atom. The highest BCUT2D eigenvalue weighted by molar-refractivity contribution is 5.68. The van der Waals surface area contributed by atoms with E-state index in [0.29, 0.717) is 24.4 Å². The third kappa shape index (κ3) is 3.51. The molecule has 35 heavy (non-hydrogen) atoms. The Bertz CT molecular complexity index is 1020. The van der Waals surface area contributed by atoms with Crippen LogP contribution in [0.1, 0.15) is 83.1 Å². The van der Waals surface area contributed by atoms with Crippen LogP contribution < -0.4 is 10.9 Å². The maximum atomic E-state index is 12.6. The van der Waals surface area contributed by atoms with E-state index in [0.717, 1.165) is 76.4 Å². The summed E-state index contributed by atoms with van der Waals surface area (Å²) in [5, 5.41) is 15.6. The van der Waals surface area contributed by atoms with Gasteiger partial charge in [-0.3, -0.25) is 10.2 Å². The van der Waals surface area contributed by atoms with Crippen LogP contribution in [0.2, 0.25) is 0 Å². The summed E-state index contributed by atoms with van der Waals surface area (Å²) in [6.07, 6.45) is 10.4. The van der Waals surface area contributed by atoms with Crippen LogP contribution in [0, 0.1) is 28.6 Å². The molecule has 5 fully saturated rings. The molecule has 4 aliphatic carbocycles. The van der Waals surface area contributed by atoms with Gasteiger partial charge in [-0.25, -0.2) is 9.59 Å². The van der Waals surface area contributed by atoms with Gasteiger partial charge in [0.2, 0.25) is 0 Å². The number of ether oxygens (including phenoxy) is 1. The molecule has 0 aromatic carbocycles. The lowest BCUT2D eigenvalue weighted by Crippen LogP contribution is -2.62. The van der Waals surface area contributed by atoms with Crippen LogP contribution in [0.25, 0.3) is 0 Å². The molecule has 6 rings (SSSR count). The van der Waals surface area contributed by atoms with Crippen LogP contribution in [0.5, 0.6) is 0 Å². The van der Waals surface area contributed by atoms with Gasteiger partial charge >= 0.3 is 11.7 Å². The third-order valence-electron chi connectivity index (χ3n) is 11.3. The molecular weight excluding hydrogens is 444 g/mol. The van der Waals surface area contributed by atoms with Gasteiger partial charge in [-0.15, -0.1) is 0 Å². The molecule has 1 aromatic heterocycles. The first-order valence-corrected chi connectivity index (χ1v) is 13.7. The fourth-order valence-electron chi connectivity index (χ4n) is 9.27. The molecule has 8 atom stereocenters. The van der Waals surface area contributed by atoms with Crippen LogP contribution in [-0.4, -0.2) is 47.6 Å². The van der Waals surface area contributed by atoms with E-state index in [1.807, 2.05) is 6.07 Å². The average molecular weight is 485 g/mol. The van der Waals surface area contributed by atoms with Gasteiger partial charge in [0.15, 0.2) is 0 Å². The molecule has 1 amide bonds. The number of carbonyl (C=O) groups excluding carboxylic acids is 1. The summed E-state index contributed by atoms with van der Waals surface area (Å²) in [5.41, 5.74) is 0.0395. The summed E-state index contributed by atoms with van der Waals surface area (Å²) in [4.78, 5) is 25.8. The molecule has 2 heterocycles. The van der Waals surface area contributed by atoms with Crippen molar-refractivity contribution in [2.45, 2.75) is 89.3 Å². The highest BCUT2D eigenvalue weighted by atomic mass is 16.6. The van der Waals surface area contributed by atoms with Gasteiger partial charge < -0.3 is 14.3 Å². The summed E-state index contributed by atoms with van der Waals surface area (Å²) >= 11 is 0. The van der Waals surface area contributed by atoms with Gasteiger partial charge in [0, 0.05) is 24.6 Å². The smallest absolute Gasteiger partial charge is 0.411 e. The molecule has 1 saturated heterocycles. The zero-order valence-corrected chi connectivity index (χ0v) is 21.1. The van der Waals surface area contributed by atoms with E-state index < -0.39 is 5.60 Å². The Morgan fingerprint density at radius 3 is 2.71 bits per heavy atom. The van der Waals surface area contributed by atoms with E-state index in [1.165, 1.54) is 6.07 Å². The number of aliphatic hydroxyl groups is 1. The molecule has 0 bridgehead atoms. The minimum atomic E-state index is -0.684. The summed E-state index contributed by atoms with van der Waals surface area (Å²) in [6.45, 7) is 6.89. The number of hydrogen-bond donors (Lipinski definition) is 2. The zero-order valence-electron chi connectivity index (χ0n) is 21.1. The number of nitrogens with zero attached hydrogens (tertiary/aromatic N) is 1. The second-order valence-corrected chi connectivity index (χ2v) is 12.6. The predicted octanol–water partition coefficient (Wildman–Crippen LogP) is 4.25. The number of hydrogen-bond acceptors (Lipinski definition) is 6. The van der Waals surface area contributed by atoms with E-state index in [2.05, 4.69) is 19.2 Å². The van der Waals surface area contributed by atoms with E-state index in [4.69, 9.17) is 9.15 Å². The van der Waals surface area contributed by atoms with Crippen molar-refractivity contribution in [2.75, 3.05) is 19.8 Å². The Labute approximate surface area is 207 Å². The summed E-state index contributed by atoms with van der Waals surface area (Å²) in [5.74, 6) is 1.57. The molecule has 1 aliphatic heterocycles. The Kier molecular flexibility index (Phi) is 5.61. The Morgan fingerprint density at radius 2 is 1.97 bits per heavy atom. The van der Waals surface area contributed by atoms with Crippen LogP contribution in [0.3, 0.4) is 0 Å². The molecule has 0 spiro atoms. The van der Waals surface area contributed by atoms with Crippen molar-refractivity contribution >= 4 is 6.09 Å². The molecule has 8 unspecified atom stereocenters. The van der Waals surface area contributed by atoms with Crippen LogP contribution in [0.4, 0.5) is 4.79 Å². The highest BCUT2D eigenvalue weighted by Crippen LogP contribution is 2.70. The van der Waals surface area contributed by atoms with Gasteiger partial charge in [-0.05, 0) is 98.5 Å². The van der Waals surface area contributed by atoms with Crippen molar-refractivity contribution in [1.82, 2.24) is 10.2 Å². The van der Waals surface area contributed by atoms with Crippen LogP contribution in [-0.2, 0) is 4.74 Å². The molecule has 4 saturated carbocycles. The minimum Gasteiger partial charge on any atom is -0.446 e. The van der Waals surface area contributed by atoms with Crippen molar-refractivity contribution in [3.05, 3.63) is 34.4 Å². The van der Waals surface area contributed by atoms with Crippen molar-refractivity contribution in [3.63, 3.8) is 0 Å². The molecule has 2 N–H and O–H groups in total. The number of nitrogens with one attached hydrogen (secondary N) is 1. The number of carbonyl (C=O) groups is 1. The second-order valence-electron chi connectivity index (χ2n) is 12.6. The molecule has 192 valence electrons. The normalized spacial score (nSPS) is 44.9. The van der Waals surface area contributed by atoms with Gasteiger partial charge in [0.05, 0.1) is 18.5 Å². The SMILES string of the molecule is CC12CCC(OC(=O)N3CCNC3)CC1CCC1C2CCC2(C)C(c3ccc(=O)oc3)CCC12O. The predicted molar refractivity (Wildman–Crippen MR) is 131 cm³/mol. The molecule has 7 nitrogen and oxygen atoms in total. The molecule has 0 radical (unpaired) electrons. The van der Waals surface area contributed by atoms with Gasteiger partial charge in [-0.1, -0.05) is 13.8 Å². The maximum absolute atomic E-state index is 12.6. The third-order valence-corrected chi connectivity index (χ3v) is 11.3. The lowest BCUT2D eigenvalue weighted by Gasteiger charge is -2.63. The number of fused-ring (bicyclic) bond motifs is 5. The molecular formula is C28H40N2O5. The quantitative estimate of drug-likeness (QED) is 0.652. The van der Waals surface area contributed by atoms with Gasteiger partial charge in [0.25, 0.3) is 0 Å². The molecule has 5 aliphatic rings. The first-order valence-electron chi connectivity index (χ1n) is 13.7. The fraction of sp³-hybridized carbons (Fsp3) is 0.786. The van der Waals surface area contributed by atoms with Gasteiger partial charge in [-0.2, -0.15) is 0 Å².